The van der Waals surface area contributed by atoms with E-state index in [1.54, 1.807) is 29.9 Å². The summed E-state index contributed by atoms with van der Waals surface area (Å²) in [6.45, 7) is 0. The third-order valence-electron chi connectivity index (χ3n) is 3.34. The van der Waals surface area contributed by atoms with Crippen LogP contribution in [0.1, 0.15) is 17.9 Å². The van der Waals surface area contributed by atoms with Crippen LogP contribution < -0.4 is 0 Å². The normalized spacial score (nSPS) is 21.5. The van der Waals surface area contributed by atoms with Crippen molar-refractivity contribution in [2.24, 2.45) is 13.0 Å². The van der Waals surface area contributed by atoms with Crippen LogP contribution in [0.4, 0.5) is 0 Å². The van der Waals surface area contributed by atoms with Gasteiger partial charge in [-0.3, -0.25) is 9.48 Å². The summed E-state index contributed by atoms with van der Waals surface area (Å²) in [6.07, 6.45) is 5.95. The van der Waals surface area contributed by atoms with Crippen LogP contribution in [0.5, 0.6) is 0 Å². The monoisotopic (exact) mass is 277 g/mol. The fraction of sp³-hybridized carbons (Fsp3) is 0.500. The molecule has 0 aromatic carbocycles. The number of esters is 1. The first-order chi connectivity index (χ1) is 9.43. The van der Waals surface area contributed by atoms with Gasteiger partial charge < -0.3 is 9.64 Å². The highest BCUT2D eigenvalue weighted by atomic mass is 16.5. The fourth-order valence-corrected chi connectivity index (χ4v) is 2.27. The van der Waals surface area contributed by atoms with Crippen molar-refractivity contribution < 1.29 is 14.3 Å². The molecule has 2 atom stereocenters. The van der Waals surface area contributed by atoms with Gasteiger partial charge in [-0.05, 0) is 17.9 Å². The molecule has 0 amide bonds. The van der Waals surface area contributed by atoms with Crippen LogP contribution in [0, 0.1) is 5.92 Å². The molecule has 0 spiro atoms. The van der Waals surface area contributed by atoms with Gasteiger partial charge in [0.2, 0.25) is 0 Å². The quantitative estimate of drug-likeness (QED) is 0.343. The molecule has 20 heavy (non-hydrogen) atoms. The zero-order valence-electron chi connectivity index (χ0n) is 12.2. The maximum atomic E-state index is 12.4. The van der Waals surface area contributed by atoms with E-state index in [1.807, 2.05) is 13.2 Å². The minimum absolute atomic E-state index is 0.105. The Morgan fingerprint density at radius 1 is 1.50 bits per heavy atom. The summed E-state index contributed by atoms with van der Waals surface area (Å²) in [4.78, 5) is 25.8. The zero-order chi connectivity index (χ0) is 14.9. The van der Waals surface area contributed by atoms with E-state index in [-0.39, 0.29) is 23.2 Å². The number of Topliss-reactive ketones (excluding diaryl/α,β-unsaturated/α-hetero) is 1. The molecule has 1 fully saturated rings. The maximum Gasteiger partial charge on any atom is 0.342 e. The van der Waals surface area contributed by atoms with Gasteiger partial charge in [0.05, 0.1) is 13.3 Å². The van der Waals surface area contributed by atoms with Crippen LogP contribution in [0.25, 0.3) is 0 Å². The van der Waals surface area contributed by atoms with Crippen LogP contribution in [-0.2, 0) is 21.4 Å². The topological polar surface area (TPSA) is 64.4 Å². The summed E-state index contributed by atoms with van der Waals surface area (Å²) in [7, 11) is 6.66. The fourth-order valence-electron chi connectivity index (χ4n) is 2.27. The zero-order valence-corrected chi connectivity index (χ0v) is 12.2. The Labute approximate surface area is 118 Å². The van der Waals surface area contributed by atoms with Gasteiger partial charge in [0.25, 0.3) is 0 Å². The minimum Gasteiger partial charge on any atom is -0.465 e. The number of methoxy groups -OCH3 is 1. The van der Waals surface area contributed by atoms with Crippen LogP contribution in [-0.4, -0.2) is 47.6 Å². The molecule has 1 aromatic heterocycles. The van der Waals surface area contributed by atoms with Gasteiger partial charge in [-0.2, -0.15) is 5.10 Å². The summed E-state index contributed by atoms with van der Waals surface area (Å²) in [6, 6.07) is 0. The molecule has 108 valence electrons. The van der Waals surface area contributed by atoms with Crippen LogP contribution in [0.2, 0.25) is 0 Å². The first kappa shape index (κ1) is 14.3. The van der Waals surface area contributed by atoms with E-state index in [0.29, 0.717) is 0 Å². The lowest BCUT2D eigenvalue weighted by atomic mass is 10.1. The van der Waals surface area contributed by atoms with Gasteiger partial charge in [-0.15, -0.1) is 0 Å². The number of carbonyl (C=O) groups is 2. The van der Waals surface area contributed by atoms with Crippen molar-refractivity contribution in [1.82, 2.24) is 14.7 Å². The van der Waals surface area contributed by atoms with Crippen molar-refractivity contribution in [3.05, 3.63) is 29.7 Å². The second-order valence-corrected chi connectivity index (χ2v) is 5.26. The van der Waals surface area contributed by atoms with E-state index >= 15 is 0 Å². The molecular weight excluding hydrogens is 258 g/mol. The molecule has 2 rings (SSSR count). The molecule has 1 aliphatic rings. The number of nitrogens with zero attached hydrogens (tertiary/aromatic N) is 3. The molecule has 1 aliphatic carbocycles. The van der Waals surface area contributed by atoms with E-state index in [0.717, 1.165) is 12.0 Å². The van der Waals surface area contributed by atoms with E-state index in [1.165, 1.54) is 13.3 Å². The molecule has 0 radical (unpaired) electrons. The van der Waals surface area contributed by atoms with Crippen molar-refractivity contribution >= 4 is 11.8 Å². The summed E-state index contributed by atoms with van der Waals surface area (Å²) >= 11 is 0. The van der Waals surface area contributed by atoms with Crippen molar-refractivity contribution in [3.63, 3.8) is 0 Å². The van der Waals surface area contributed by atoms with Gasteiger partial charge in [0.15, 0.2) is 5.78 Å². The lowest BCUT2D eigenvalue weighted by Crippen LogP contribution is -2.19. The number of ether oxygens (including phenoxy) is 1. The minimum atomic E-state index is -0.583. The Morgan fingerprint density at radius 2 is 2.20 bits per heavy atom. The van der Waals surface area contributed by atoms with Crippen LogP contribution in [0.3, 0.4) is 0 Å². The lowest BCUT2D eigenvalue weighted by Gasteiger charge is -2.09. The van der Waals surface area contributed by atoms with Crippen molar-refractivity contribution in [2.45, 2.75) is 12.3 Å². The van der Waals surface area contributed by atoms with Gasteiger partial charge in [0.1, 0.15) is 5.57 Å². The Bertz CT molecular complexity index is 560. The largest absolute Gasteiger partial charge is 0.465 e. The average molecular weight is 277 g/mol. The second kappa shape index (κ2) is 5.48. The van der Waals surface area contributed by atoms with Gasteiger partial charge in [-0.1, -0.05) is 0 Å². The highest BCUT2D eigenvalue weighted by molar-refractivity contribution is 6.19. The highest BCUT2D eigenvalue weighted by Crippen LogP contribution is 2.49. The second-order valence-electron chi connectivity index (χ2n) is 5.26. The van der Waals surface area contributed by atoms with E-state index in [2.05, 4.69) is 9.84 Å². The lowest BCUT2D eigenvalue weighted by molar-refractivity contribution is -0.138. The smallest absolute Gasteiger partial charge is 0.342 e. The van der Waals surface area contributed by atoms with Gasteiger partial charge in [0, 0.05) is 39.5 Å². The SMILES string of the molecule is COC(=O)C(=CN(C)C)C(=O)[C@@H]1C[C@H]1c1cnn(C)c1. The van der Waals surface area contributed by atoms with Gasteiger partial charge >= 0.3 is 5.97 Å². The Kier molecular flexibility index (Phi) is 3.92. The van der Waals surface area contributed by atoms with Crippen molar-refractivity contribution in [2.75, 3.05) is 21.2 Å². The molecule has 1 saturated carbocycles. The highest BCUT2D eigenvalue weighted by Gasteiger charge is 2.46. The molecule has 0 N–H and O–H groups in total. The standard InChI is InChI=1S/C14H19N3O3/c1-16(2)8-12(14(19)20-4)13(18)11-5-10(11)9-6-15-17(3)7-9/h6-8,10-11H,5H2,1-4H3/t10-,11+/m0/s1. The summed E-state index contributed by atoms with van der Waals surface area (Å²) < 4.78 is 6.40. The van der Waals surface area contributed by atoms with Crippen LogP contribution >= 0.6 is 0 Å². The van der Waals surface area contributed by atoms with E-state index < -0.39 is 5.97 Å². The number of hydrogen-bond acceptors (Lipinski definition) is 5. The number of ketones is 1. The van der Waals surface area contributed by atoms with E-state index in [4.69, 9.17) is 0 Å². The summed E-state index contributed by atoms with van der Waals surface area (Å²) in [5.74, 6) is -0.726. The number of carbonyl (C=O) groups excluding carboxylic acids is 2. The average Bonchev–Trinajstić information content (AvgIpc) is 3.09. The number of aromatic nitrogens is 2. The first-order valence-corrected chi connectivity index (χ1v) is 6.43. The summed E-state index contributed by atoms with van der Waals surface area (Å²) in [5.41, 5.74) is 1.15. The molecule has 1 aromatic rings. The predicted octanol–water partition coefficient (Wildman–Crippen LogP) is 0.711. The number of rotatable bonds is 5. The van der Waals surface area contributed by atoms with Crippen LogP contribution in [0.15, 0.2) is 24.2 Å². The maximum absolute atomic E-state index is 12.4. The third-order valence-corrected chi connectivity index (χ3v) is 3.34. The molecule has 1 heterocycles. The first-order valence-electron chi connectivity index (χ1n) is 6.43. The molecule has 0 bridgehead atoms. The third kappa shape index (κ3) is 2.89. The van der Waals surface area contributed by atoms with Crippen molar-refractivity contribution in [3.8, 4) is 0 Å². The number of aryl methyl sites for hydroxylation is 1. The molecule has 6 nitrogen and oxygen atoms in total. The summed E-state index contributed by atoms with van der Waals surface area (Å²) in [5, 5.41) is 4.11. The molecule has 0 unspecified atom stereocenters. The number of hydrogen-bond donors (Lipinski definition) is 0. The van der Waals surface area contributed by atoms with Gasteiger partial charge in [-0.25, -0.2) is 4.79 Å². The molecule has 0 saturated heterocycles. The predicted molar refractivity (Wildman–Crippen MR) is 72.8 cm³/mol. The molecular formula is C14H19N3O3. The van der Waals surface area contributed by atoms with Crippen molar-refractivity contribution in [1.29, 1.82) is 0 Å². The molecule has 6 heteroatoms. The molecule has 0 aliphatic heterocycles. The Morgan fingerprint density at radius 3 is 2.70 bits per heavy atom. The Balaban J connectivity index is 2.13. The Hall–Kier alpha value is -2.11. The van der Waals surface area contributed by atoms with E-state index in [9.17, 15) is 9.59 Å².